The largest absolute Gasteiger partial charge is 0.472 e. The van der Waals surface area contributed by atoms with Gasteiger partial charge in [0.2, 0.25) is 0 Å². The average Bonchev–Trinajstić information content (AvgIpc) is 1.35. The number of rotatable bonds is 71. The minimum atomic E-state index is -4.97. The highest BCUT2D eigenvalue weighted by Gasteiger charge is 2.30. The number of hydrogen-bond donors (Lipinski definition) is 3. The van der Waals surface area contributed by atoms with Gasteiger partial charge in [-0.3, -0.25) is 37.3 Å². The van der Waals surface area contributed by atoms with Crippen LogP contribution >= 0.6 is 15.6 Å². The van der Waals surface area contributed by atoms with Gasteiger partial charge in [-0.15, -0.1) is 0 Å². The molecule has 0 aliphatic rings. The highest BCUT2D eigenvalue weighted by Crippen LogP contribution is 2.45. The van der Waals surface area contributed by atoms with Crippen molar-refractivity contribution in [1.29, 1.82) is 0 Å². The number of aliphatic hydroxyl groups excluding tert-OH is 1. The molecule has 19 heteroatoms. The van der Waals surface area contributed by atoms with Gasteiger partial charge in [-0.05, 0) is 89.9 Å². The molecule has 548 valence electrons. The summed E-state index contributed by atoms with van der Waals surface area (Å²) in [7, 11) is -9.94. The first-order chi connectivity index (χ1) is 45.7. The van der Waals surface area contributed by atoms with E-state index in [9.17, 15) is 43.2 Å². The predicted octanol–water partition coefficient (Wildman–Crippen LogP) is 21.1. The number of allylic oxidation sites excluding steroid dienone is 10. The summed E-state index contributed by atoms with van der Waals surface area (Å²) >= 11 is 0. The van der Waals surface area contributed by atoms with Crippen molar-refractivity contribution in [3.05, 3.63) is 60.8 Å². The number of unbranched alkanes of at least 4 members (excludes halogenated alkanes) is 35. The van der Waals surface area contributed by atoms with E-state index >= 15 is 0 Å². The van der Waals surface area contributed by atoms with Crippen LogP contribution in [0.4, 0.5) is 0 Å². The Kier molecular flexibility index (Phi) is 65.9. The van der Waals surface area contributed by atoms with Gasteiger partial charge in [-0.2, -0.15) is 0 Å². The van der Waals surface area contributed by atoms with Crippen LogP contribution in [0.1, 0.15) is 336 Å². The van der Waals surface area contributed by atoms with E-state index in [4.69, 9.17) is 37.0 Å². The zero-order valence-corrected chi connectivity index (χ0v) is 61.4. The lowest BCUT2D eigenvalue weighted by Crippen LogP contribution is -2.30. The molecule has 3 N–H and O–H groups in total. The monoisotopic (exact) mass is 1370 g/mol. The average molecular weight is 1370 g/mol. The van der Waals surface area contributed by atoms with Crippen molar-refractivity contribution in [3.8, 4) is 0 Å². The van der Waals surface area contributed by atoms with Crippen LogP contribution < -0.4 is 0 Å². The minimum absolute atomic E-state index is 0.0898. The molecule has 0 heterocycles. The highest BCUT2D eigenvalue weighted by molar-refractivity contribution is 7.47. The SMILES string of the molecule is CC/C=C\C/C=C\C/C=C\C/C=C\CCCCC(=O)OCC(COP(=O)(O)OCC(O)COP(=O)(O)OCC(COC(=O)CCCCCCCCCCCCCCCCC)OC(=O)CCCCCCC/C=C\CCCCCC)OC(=O)CCCCCCCCCCCCC. The smallest absolute Gasteiger partial charge is 0.462 e. The van der Waals surface area contributed by atoms with Crippen LogP contribution in [0.2, 0.25) is 0 Å². The summed E-state index contributed by atoms with van der Waals surface area (Å²) in [4.78, 5) is 72.7. The fourth-order valence-electron chi connectivity index (χ4n) is 10.3. The number of carbonyl (C=O) groups excluding carboxylic acids is 4. The standard InChI is InChI=1S/C75H136O17P2/c1-5-9-13-17-21-25-29-32-34-37-40-43-47-51-55-59-72(77)85-65-70(91-74(79)61-57-53-49-45-39-28-24-20-16-12-8-4)67-89-93(81,82)87-63-69(76)64-88-94(83,84)90-68-71(92-75(80)62-58-54-50-46-42-36-31-27-23-19-15-11-7-3)66-86-73(78)60-56-52-48-44-41-38-35-33-30-26-22-18-14-10-6-2/h9,13,21,25,27,31-32,34,40,43,69-71,76H,5-8,10-12,14-20,22-24,26,28-30,33,35-39,41-42,44-68H2,1-4H3,(H,81,82)(H,83,84)/b13-9-,25-21-,31-27-,34-32-,43-40-. The summed E-state index contributed by atoms with van der Waals surface area (Å²) in [6.45, 7) is 4.73. The Bertz CT molecular complexity index is 2030. The second-order valence-corrected chi connectivity index (χ2v) is 28.1. The summed E-state index contributed by atoms with van der Waals surface area (Å²) in [5, 5.41) is 10.6. The molecule has 0 fully saturated rings. The lowest BCUT2D eigenvalue weighted by atomic mass is 10.0. The van der Waals surface area contributed by atoms with Crippen LogP contribution in [0.15, 0.2) is 60.8 Å². The first-order valence-electron chi connectivity index (χ1n) is 37.5. The van der Waals surface area contributed by atoms with Crippen LogP contribution in [0.3, 0.4) is 0 Å². The van der Waals surface area contributed by atoms with Crippen LogP contribution in [0.25, 0.3) is 0 Å². The van der Waals surface area contributed by atoms with Crippen LogP contribution in [0.5, 0.6) is 0 Å². The fraction of sp³-hybridized carbons (Fsp3) is 0.813. The Labute approximate surface area is 571 Å². The van der Waals surface area contributed by atoms with E-state index in [1.54, 1.807) is 0 Å². The molecule has 0 radical (unpaired) electrons. The van der Waals surface area contributed by atoms with Gasteiger partial charge >= 0.3 is 39.5 Å². The second-order valence-electron chi connectivity index (χ2n) is 25.2. The molecular weight excluding hydrogens is 1230 g/mol. The van der Waals surface area contributed by atoms with E-state index in [-0.39, 0.29) is 25.7 Å². The van der Waals surface area contributed by atoms with Crippen molar-refractivity contribution in [2.45, 2.75) is 354 Å². The zero-order valence-electron chi connectivity index (χ0n) is 59.6. The molecule has 0 saturated carbocycles. The Morgan fingerprint density at radius 1 is 0.309 bits per heavy atom. The first-order valence-corrected chi connectivity index (χ1v) is 40.5. The van der Waals surface area contributed by atoms with Crippen molar-refractivity contribution >= 4 is 39.5 Å². The van der Waals surface area contributed by atoms with Crippen molar-refractivity contribution in [1.82, 2.24) is 0 Å². The summed E-state index contributed by atoms with van der Waals surface area (Å²) in [6.07, 6.45) is 65.1. The molecule has 0 bridgehead atoms. The predicted molar refractivity (Wildman–Crippen MR) is 381 cm³/mol. The van der Waals surface area contributed by atoms with E-state index in [2.05, 4.69) is 88.5 Å². The van der Waals surface area contributed by atoms with Crippen molar-refractivity contribution in [2.75, 3.05) is 39.6 Å². The Hall–Kier alpha value is -3.24. The Morgan fingerprint density at radius 3 is 0.894 bits per heavy atom. The number of hydrogen-bond acceptors (Lipinski definition) is 15. The molecular formula is C75H136O17P2. The molecule has 0 aromatic heterocycles. The normalized spacial score (nSPS) is 14.3. The van der Waals surface area contributed by atoms with E-state index < -0.39 is 97.5 Å². The molecule has 94 heavy (non-hydrogen) atoms. The summed E-state index contributed by atoms with van der Waals surface area (Å²) in [5.41, 5.74) is 0. The molecule has 5 atom stereocenters. The number of phosphoric ester groups is 2. The molecule has 0 spiro atoms. The van der Waals surface area contributed by atoms with Crippen LogP contribution in [-0.4, -0.2) is 96.7 Å². The van der Waals surface area contributed by atoms with Gasteiger partial charge < -0.3 is 33.8 Å². The Balaban J connectivity index is 5.32. The number of phosphoric acid groups is 2. The third-order valence-electron chi connectivity index (χ3n) is 16.0. The quantitative estimate of drug-likeness (QED) is 0.0169. The third kappa shape index (κ3) is 67.3. The van der Waals surface area contributed by atoms with E-state index in [1.807, 2.05) is 0 Å². The molecule has 5 unspecified atom stereocenters. The van der Waals surface area contributed by atoms with Crippen molar-refractivity contribution in [3.63, 3.8) is 0 Å². The van der Waals surface area contributed by atoms with Crippen molar-refractivity contribution in [2.24, 2.45) is 0 Å². The zero-order chi connectivity index (χ0) is 69.0. The highest BCUT2D eigenvalue weighted by atomic mass is 31.2. The maximum absolute atomic E-state index is 13.0. The van der Waals surface area contributed by atoms with Gasteiger partial charge in [-0.25, -0.2) is 9.13 Å². The van der Waals surface area contributed by atoms with E-state index in [0.29, 0.717) is 25.7 Å². The molecule has 0 aromatic rings. The van der Waals surface area contributed by atoms with E-state index in [0.717, 1.165) is 122 Å². The fourth-order valence-corrected chi connectivity index (χ4v) is 11.8. The lowest BCUT2D eigenvalue weighted by molar-refractivity contribution is -0.161. The molecule has 0 rings (SSSR count). The Morgan fingerprint density at radius 2 is 0.553 bits per heavy atom. The lowest BCUT2D eigenvalue weighted by Gasteiger charge is -2.21. The van der Waals surface area contributed by atoms with E-state index in [1.165, 1.54) is 135 Å². The molecule has 0 aliphatic carbocycles. The first kappa shape index (κ1) is 90.8. The summed E-state index contributed by atoms with van der Waals surface area (Å²) in [5.74, 6) is -2.20. The maximum Gasteiger partial charge on any atom is 0.472 e. The summed E-state index contributed by atoms with van der Waals surface area (Å²) in [6, 6.07) is 0. The summed E-state index contributed by atoms with van der Waals surface area (Å²) < 4.78 is 68.3. The maximum atomic E-state index is 13.0. The van der Waals surface area contributed by atoms with Gasteiger partial charge in [0.1, 0.15) is 19.3 Å². The molecule has 0 amide bonds. The molecule has 17 nitrogen and oxygen atoms in total. The molecule has 0 aromatic carbocycles. The van der Waals surface area contributed by atoms with Gasteiger partial charge in [-0.1, -0.05) is 281 Å². The van der Waals surface area contributed by atoms with Gasteiger partial charge in [0.15, 0.2) is 12.2 Å². The van der Waals surface area contributed by atoms with Crippen LogP contribution in [-0.2, 0) is 65.4 Å². The molecule has 0 aliphatic heterocycles. The number of carbonyl (C=O) groups is 4. The number of esters is 4. The molecule has 0 saturated heterocycles. The minimum Gasteiger partial charge on any atom is -0.462 e. The van der Waals surface area contributed by atoms with Gasteiger partial charge in [0.25, 0.3) is 0 Å². The third-order valence-corrected chi connectivity index (χ3v) is 17.9. The van der Waals surface area contributed by atoms with Gasteiger partial charge in [0.05, 0.1) is 26.4 Å². The second kappa shape index (κ2) is 68.3. The van der Waals surface area contributed by atoms with Crippen LogP contribution in [0, 0.1) is 0 Å². The number of aliphatic hydroxyl groups is 1. The van der Waals surface area contributed by atoms with Crippen molar-refractivity contribution < 1.29 is 80.2 Å². The van der Waals surface area contributed by atoms with Gasteiger partial charge in [0, 0.05) is 25.7 Å². The number of ether oxygens (including phenoxy) is 4. The topological polar surface area (TPSA) is 237 Å².